The molecule has 0 spiro atoms. The van der Waals surface area contributed by atoms with Gasteiger partial charge in [0.25, 0.3) is 0 Å². The summed E-state index contributed by atoms with van der Waals surface area (Å²) in [6.07, 6.45) is 0. The van der Waals surface area contributed by atoms with Gasteiger partial charge in [0.15, 0.2) is 0 Å². The van der Waals surface area contributed by atoms with E-state index in [1.165, 1.54) is 4.90 Å². The Morgan fingerprint density at radius 1 is 1.38 bits per heavy atom. The van der Waals surface area contributed by atoms with Crippen molar-refractivity contribution in [1.82, 2.24) is 10.2 Å². The van der Waals surface area contributed by atoms with Crippen molar-refractivity contribution in [3.8, 4) is 5.75 Å². The van der Waals surface area contributed by atoms with E-state index in [0.29, 0.717) is 5.75 Å². The van der Waals surface area contributed by atoms with Crippen molar-refractivity contribution in [3.05, 3.63) is 29.8 Å². The average Bonchev–Trinajstić information content (AvgIpc) is 2.61. The second kappa shape index (κ2) is 4.22. The minimum atomic E-state index is -0.351. The van der Waals surface area contributed by atoms with Gasteiger partial charge in [0.2, 0.25) is 5.91 Å². The summed E-state index contributed by atoms with van der Waals surface area (Å²) in [5, 5.41) is 2.47. The van der Waals surface area contributed by atoms with Crippen molar-refractivity contribution >= 4 is 11.9 Å². The summed E-state index contributed by atoms with van der Waals surface area (Å²) in [6, 6.07) is 6.96. The summed E-state index contributed by atoms with van der Waals surface area (Å²) >= 11 is 0. The average molecular weight is 220 g/mol. The van der Waals surface area contributed by atoms with Gasteiger partial charge in [-0.3, -0.25) is 9.69 Å². The van der Waals surface area contributed by atoms with Gasteiger partial charge in [-0.1, -0.05) is 18.2 Å². The van der Waals surface area contributed by atoms with E-state index < -0.39 is 0 Å². The largest absolute Gasteiger partial charge is 0.496 e. The van der Waals surface area contributed by atoms with Gasteiger partial charge in [-0.05, 0) is 6.07 Å². The number of nitrogens with one attached hydrogen (secondary N) is 1. The maximum atomic E-state index is 11.4. The fourth-order valence-corrected chi connectivity index (χ4v) is 1.62. The summed E-state index contributed by atoms with van der Waals surface area (Å²) in [7, 11) is 1.56. The molecular weight excluding hydrogens is 208 g/mol. The third-order valence-corrected chi connectivity index (χ3v) is 2.46. The first-order valence-corrected chi connectivity index (χ1v) is 4.92. The Balaban J connectivity index is 2.20. The Hall–Kier alpha value is -2.04. The number of carbonyl (C=O) groups is 2. The van der Waals surface area contributed by atoms with Crippen molar-refractivity contribution in [3.63, 3.8) is 0 Å². The van der Waals surface area contributed by atoms with Gasteiger partial charge in [-0.2, -0.15) is 0 Å². The van der Waals surface area contributed by atoms with Gasteiger partial charge in [-0.25, -0.2) is 4.79 Å². The van der Waals surface area contributed by atoms with Crippen LogP contribution in [0.4, 0.5) is 4.79 Å². The molecule has 0 unspecified atom stereocenters. The number of methoxy groups -OCH3 is 1. The zero-order valence-corrected chi connectivity index (χ0v) is 8.90. The number of carbonyl (C=O) groups excluding carboxylic acids is 2. The lowest BCUT2D eigenvalue weighted by Crippen LogP contribution is -2.30. The van der Waals surface area contributed by atoms with Gasteiger partial charge in [0.1, 0.15) is 5.75 Å². The maximum Gasteiger partial charge on any atom is 0.324 e. The normalized spacial score (nSPS) is 15.2. The zero-order valence-electron chi connectivity index (χ0n) is 8.90. The molecule has 1 saturated heterocycles. The lowest BCUT2D eigenvalue weighted by Gasteiger charge is -2.14. The van der Waals surface area contributed by atoms with E-state index in [2.05, 4.69) is 5.32 Å². The summed E-state index contributed by atoms with van der Waals surface area (Å²) in [5.74, 6) is 0.464. The molecule has 1 N–H and O–H groups in total. The zero-order chi connectivity index (χ0) is 11.5. The summed E-state index contributed by atoms with van der Waals surface area (Å²) in [6.45, 7) is 0.322. The van der Waals surface area contributed by atoms with Crippen LogP contribution < -0.4 is 10.1 Å². The molecule has 1 fully saturated rings. The highest BCUT2D eigenvalue weighted by Crippen LogP contribution is 2.20. The number of nitrogens with zero attached hydrogens (tertiary/aromatic N) is 1. The van der Waals surface area contributed by atoms with Crippen molar-refractivity contribution in [2.45, 2.75) is 6.54 Å². The number of rotatable bonds is 3. The quantitative estimate of drug-likeness (QED) is 0.764. The highest BCUT2D eigenvalue weighted by Gasteiger charge is 2.28. The molecule has 0 atom stereocenters. The van der Waals surface area contributed by atoms with Gasteiger partial charge in [-0.15, -0.1) is 0 Å². The third-order valence-electron chi connectivity index (χ3n) is 2.46. The van der Waals surface area contributed by atoms with E-state index in [4.69, 9.17) is 4.74 Å². The molecule has 1 aliphatic rings. The van der Waals surface area contributed by atoms with Crippen LogP contribution in [0.5, 0.6) is 5.75 Å². The molecule has 1 aromatic carbocycles. The number of ether oxygens (including phenoxy) is 1. The van der Waals surface area contributed by atoms with E-state index >= 15 is 0 Å². The Morgan fingerprint density at radius 3 is 2.75 bits per heavy atom. The molecule has 5 heteroatoms. The maximum absolute atomic E-state index is 11.4. The number of benzene rings is 1. The Kier molecular flexibility index (Phi) is 2.76. The Morgan fingerprint density at radius 2 is 2.12 bits per heavy atom. The van der Waals surface area contributed by atoms with Crippen molar-refractivity contribution < 1.29 is 14.3 Å². The van der Waals surface area contributed by atoms with Gasteiger partial charge in [0.05, 0.1) is 20.2 Å². The number of amides is 3. The highest BCUT2D eigenvalue weighted by atomic mass is 16.5. The van der Waals surface area contributed by atoms with Crippen LogP contribution in [-0.4, -0.2) is 30.5 Å². The first-order valence-electron chi connectivity index (χ1n) is 4.92. The first-order chi connectivity index (χ1) is 7.72. The van der Waals surface area contributed by atoms with Crippen LogP contribution in [0, 0.1) is 0 Å². The Bertz CT molecular complexity index is 415. The molecule has 2 rings (SSSR count). The molecular formula is C11H12N2O3. The molecule has 0 radical (unpaired) electrons. The number of hydrogen-bond donors (Lipinski definition) is 1. The van der Waals surface area contributed by atoms with Crippen LogP contribution in [0.1, 0.15) is 5.56 Å². The van der Waals surface area contributed by atoms with E-state index in [1.54, 1.807) is 13.2 Å². The van der Waals surface area contributed by atoms with Gasteiger partial charge < -0.3 is 10.1 Å². The lowest BCUT2D eigenvalue weighted by molar-refractivity contribution is -0.125. The van der Waals surface area contributed by atoms with Crippen LogP contribution in [0.15, 0.2) is 24.3 Å². The molecule has 1 aliphatic heterocycles. The van der Waals surface area contributed by atoms with Crippen LogP contribution >= 0.6 is 0 Å². The fraction of sp³-hybridized carbons (Fsp3) is 0.273. The molecule has 5 nitrogen and oxygen atoms in total. The van der Waals surface area contributed by atoms with E-state index in [1.807, 2.05) is 18.2 Å². The summed E-state index contributed by atoms with van der Waals surface area (Å²) < 4.78 is 5.16. The standard InChI is InChI=1S/C11H12N2O3/c1-16-9-5-3-2-4-8(9)7-13-10(14)6-12-11(13)15/h2-5H,6-7H2,1H3,(H,12,15). The molecule has 0 saturated carbocycles. The van der Waals surface area contributed by atoms with Crippen LogP contribution in [0.3, 0.4) is 0 Å². The lowest BCUT2D eigenvalue weighted by atomic mass is 10.2. The number of hydrogen-bond acceptors (Lipinski definition) is 3. The van der Waals surface area contributed by atoms with Crippen molar-refractivity contribution in [2.75, 3.05) is 13.7 Å². The van der Waals surface area contributed by atoms with Crippen LogP contribution in [0.2, 0.25) is 0 Å². The predicted molar refractivity (Wildman–Crippen MR) is 56.9 cm³/mol. The smallest absolute Gasteiger partial charge is 0.324 e. The number of imide groups is 1. The fourth-order valence-electron chi connectivity index (χ4n) is 1.62. The highest BCUT2D eigenvalue weighted by molar-refractivity contribution is 6.01. The van der Waals surface area contributed by atoms with Crippen LogP contribution in [-0.2, 0) is 11.3 Å². The molecule has 84 valence electrons. The summed E-state index contributed by atoms with van der Waals surface area (Å²) in [5.41, 5.74) is 0.815. The monoisotopic (exact) mass is 220 g/mol. The van der Waals surface area contributed by atoms with Crippen molar-refractivity contribution in [1.29, 1.82) is 0 Å². The first kappa shape index (κ1) is 10.5. The second-order valence-electron chi connectivity index (χ2n) is 3.45. The number of urea groups is 1. The van der Waals surface area contributed by atoms with Gasteiger partial charge >= 0.3 is 6.03 Å². The number of para-hydroxylation sites is 1. The molecule has 0 aliphatic carbocycles. The van der Waals surface area contributed by atoms with E-state index in [0.717, 1.165) is 5.56 Å². The molecule has 0 bridgehead atoms. The minimum Gasteiger partial charge on any atom is -0.496 e. The molecule has 16 heavy (non-hydrogen) atoms. The van der Waals surface area contributed by atoms with E-state index in [-0.39, 0.29) is 25.0 Å². The molecule has 0 aromatic heterocycles. The third kappa shape index (κ3) is 1.84. The summed E-state index contributed by atoms with van der Waals surface area (Å²) in [4.78, 5) is 23.9. The predicted octanol–water partition coefficient (Wildman–Crippen LogP) is 0.747. The topological polar surface area (TPSA) is 58.6 Å². The molecule has 1 heterocycles. The Labute approximate surface area is 93.0 Å². The SMILES string of the molecule is COc1ccccc1CN1C(=O)CNC1=O. The van der Waals surface area contributed by atoms with E-state index in [9.17, 15) is 9.59 Å². The van der Waals surface area contributed by atoms with Crippen LogP contribution in [0.25, 0.3) is 0 Å². The molecule has 3 amide bonds. The van der Waals surface area contributed by atoms with Gasteiger partial charge in [0, 0.05) is 5.56 Å². The molecule has 1 aromatic rings. The second-order valence-corrected chi connectivity index (χ2v) is 3.45. The van der Waals surface area contributed by atoms with Crippen molar-refractivity contribution in [2.24, 2.45) is 0 Å². The minimum absolute atomic E-state index is 0.0774.